The van der Waals surface area contributed by atoms with Crippen LogP contribution in [-0.4, -0.2) is 12.1 Å². The topological polar surface area (TPSA) is 26.3 Å². The summed E-state index contributed by atoms with van der Waals surface area (Å²) in [6, 6.07) is 20.7. The van der Waals surface area contributed by atoms with Crippen LogP contribution in [0.4, 0.5) is 0 Å². The summed E-state index contributed by atoms with van der Waals surface area (Å²) in [5.41, 5.74) is 3.01. The first kappa shape index (κ1) is 30.6. The standard InChI is InChI=1S/C27H28O2P.C5H5.Fe/c1-20(2)18-22(19-21(3)4)29-27(28)25-16-11-17-26(25)30(23-12-7-5-8-13-23)24-14-9-6-10-15-24;1-2-4-5-3-1;/h5-17,22H,1,3,18-19H2,2,4H3;1-5H;/q;;+2. The molecule has 184 valence electrons. The minimum absolute atomic E-state index is 0. The Bertz CT molecular complexity index is 876. The molecule has 0 amide bonds. The van der Waals surface area contributed by atoms with Crippen LogP contribution in [0.25, 0.3) is 0 Å². The smallest absolute Gasteiger partial charge is 0.461 e. The molecule has 2 aliphatic carbocycles. The molecule has 0 spiro atoms. The Balaban J connectivity index is 0.000000678. The Morgan fingerprint density at radius 1 is 0.750 bits per heavy atom. The van der Waals surface area contributed by atoms with Gasteiger partial charge in [0.15, 0.2) is 0 Å². The van der Waals surface area contributed by atoms with Crippen LogP contribution in [-0.2, 0) is 26.6 Å². The molecule has 4 heteroatoms. The first-order chi connectivity index (χ1) is 17.0. The van der Waals surface area contributed by atoms with Gasteiger partial charge in [0.25, 0.3) is 0 Å². The van der Waals surface area contributed by atoms with Crippen molar-refractivity contribution >= 4 is 24.5 Å². The third-order valence-electron chi connectivity index (χ3n) is 5.26. The number of carbonyl (C=O) groups is 1. The van der Waals surface area contributed by atoms with Gasteiger partial charge in [-0.2, -0.15) is 0 Å². The van der Waals surface area contributed by atoms with Crippen molar-refractivity contribution in [1.82, 2.24) is 0 Å². The zero-order valence-corrected chi connectivity index (χ0v) is 22.9. The molecule has 2 aromatic carbocycles. The summed E-state index contributed by atoms with van der Waals surface area (Å²) in [5, 5.41) is 2.42. The Morgan fingerprint density at radius 2 is 1.19 bits per heavy atom. The second-order valence-corrected chi connectivity index (χ2v) is 10.8. The van der Waals surface area contributed by atoms with E-state index < -0.39 is 7.92 Å². The molecule has 2 fully saturated rings. The summed E-state index contributed by atoms with van der Waals surface area (Å²) in [4.78, 5) is 13.2. The van der Waals surface area contributed by atoms with E-state index in [0.29, 0.717) is 18.8 Å². The molecule has 0 atom stereocenters. The van der Waals surface area contributed by atoms with Crippen molar-refractivity contribution in [2.24, 2.45) is 0 Å². The van der Waals surface area contributed by atoms with Crippen molar-refractivity contribution in [3.05, 3.63) is 148 Å². The average Bonchev–Trinajstić information content (AvgIpc) is 3.56. The van der Waals surface area contributed by atoms with Gasteiger partial charge in [-0.3, -0.25) is 4.79 Å². The number of hydrogen-bond donors (Lipinski definition) is 0. The van der Waals surface area contributed by atoms with Crippen molar-refractivity contribution < 1.29 is 26.6 Å². The number of rotatable bonds is 9. The third-order valence-corrected chi connectivity index (χ3v) is 7.76. The molecule has 0 aliphatic heterocycles. The predicted octanol–water partition coefficient (Wildman–Crippen LogP) is 6.72. The van der Waals surface area contributed by atoms with Gasteiger partial charge in [-0.25, -0.2) is 0 Å². The molecule has 0 N–H and O–H groups in total. The van der Waals surface area contributed by atoms with E-state index in [-0.39, 0.29) is 29.1 Å². The van der Waals surface area contributed by atoms with Crippen molar-refractivity contribution in [3.8, 4) is 0 Å². The number of carbonyl (C=O) groups excluding carboxylic acids is 1. The fraction of sp³-hybridized carbons (Fsp3) is 0.156. The Labute approximate surface area is 231 Å². The molecule has 0 aromatic heterocycles. The van der Waals surface area contributed by atoms with Crippen LogP contribution in [0.3, 0.4) is 0 Å². The molecule has 0 bridgehead atoms. The van der Waals surface area contributed by atoms with Crippen LogP contribution in [0, 0.1) is 62.9 Å². The molecule has 10 radical (unpaired) electrons. The van der Waals surface area contributed by atoms with E-state index in [1.807, 2.05) is 95.2 Å². The van der Waals surface area contributed by atoms with Gasteiger partial charge in [-0.1, -0.05) is 71.8 Å². The zero-order valence-electron chi connectivity index (χ0n) is 20.9. The van der Waals surface area contributed by atoms with Gasteiger partial charge >= 0.3 is 23.0 Å². The molecule has 0 saturated heterocycles. The molecule has 2 nitrogen and oxygen atoms in total. The molecular formula is C32H33FeO2P+2. The maximum Gasteiger partial charge on any atom is 2.00 e. The van der Waals surface area contributed by atoms with Gasteiger partial charge in [0.05, 0.1) is 0 Å². The van der Waals surface area contributed by atoms with Crippen molar-refractivity contribution in [3.63, 3.8) is 0 Å². The average molecular weight is 536 g/mol. The SMILES string of the molecule is C=C(C)CC(CC(=C)C)OC(=O)[C]1[CH][CH][CH][C]1P(c1ccccc1)c1ccccc1.[CH]1[CH][CH][CH][CH]1.[Fe+2]. The van der Waals surface area contributed by atoms with Crippen LogP contribution in [0.15, 0.2) is 85.0 Å². The van der Waals surface area contributed by atoms with Gasteiger partial charge in [-0.15, -0.1) is 13.2 Å². The Hall–Kier alpha value is -1.66. The summed E-state index contributed by atoms with van der Waals surface area (Å²) in [7, 11) is -0.857. The molecule has 2 aromatic rings. The second-order valence-electron chi connectivity index (χ2n) is 8.64. The maximum absolute atomic E-state index is 13.2. The molecule has 2 saturated carbocycles. The largest absolute Gasteiger partial charge is 2.00 e. The maximum atomic E-state index is 13.2. The first-order valence-electron chi connectivity index (χ1n) is 11.8. The minimum Gasteiger partial charge on any atom is -0.461 e. The Morgan fingerprint density at radius 3 is 1.61 bits per heavy atom. The normalized spacial score (nSPS) is 15.8. The van der Waals surface area contributed by atoms with Crippen LogP contribution in [0.5, 0.6) is 0 Å². The van der Waals surface area contributed by atoms with E-state index in [1.54, 1.807) is 0 Å². The molecular weight excluding hydrogens is 503 g/mol. The van der Waals surface area contributed by atoms with Crippen molar-refractivity contribution in [1.29, 1.82) is 0 Å². The van der Waals surface area contributed by atoms with Crippen molar-refractivity contribution in [2.75, 3.05) is 0 Å². The van der Waals surface area contributed by atoms with Gasteiger partial charge in [0.2, 0.25) is 0 Å². The molecule has 36 heavy (non-hydrogen) atoms. The Kier molecular flexibility index (Phi) is 13.8. The number of benzene rings is 2. The van der Waals surface area contributed by atoms with E-state index in [4.69, 9.17) is 4.74 Å². The molecule has 0 unspecified atom stereocenters. The monoisotopic (exact) mass is 536 g/mol. The summed E-state index contributed by atoms with van der Waals surface area (Å²) >= 11 is 0. The van der Waals surface area contributed by atoms with Crippen LogP contribution >= 0.6 is 7.92 Å². The zero-order chi connectivity index (χ0) is 25.0. The summed E-state index contributed by atoms with van der Waals surface area (Å²) in [6.07, 6.45) is 16.9. The predicted molar refractivity (Wildman–Crippen MR) is 149 cm³/mol. The molecule has 2 aliphatic rings. The minimum atomic E-state index is -0.857. The van der Waals surface area contributed by atoms with Crippen LogP contribution in [0.2, 0.25) is 0 Å². The summed E-state index contributed by atoms with van der Waals surface area (Å²) in [6.45, 7) is 11.9. The van der Waals surface area contributed by atoms with E-state index in [9.17, 15) is 4.79 Å². The third kappa shape index (κ3) is 9.66. The van der Waals surface area contributed by atoms with E-state index in [0.717, 1.165) is 16.8 Å². The second kappa shape index (κ2) is 16.2. The summed E-state index contributed by atoms with van der Waals surface area (Å²) < 4.78 is 5.93. The fourth-order valence-corrected chi connectivity index (χ4v) is 6.26. The number of esters is 1. The van der Waals surface area contributed by atoms with Crippen LogP contribution in [0.1, 0.15) is 26.7 Å². The quantitative estimate of drug-likeness (QED) is 0.154. The van der Waals surface area contributed by atoms with Gasteiger partial charge in [0, 0.05) is 18.5 Å². The summed E-state index contributed by atoms with van der Waals surface area (Å²) in [5.74, 6) is 0.365. The van der Waals surface area contributed by atoms with Gasteiger partial charge < -0.3 is 4.74 Å². The molecule has 4 rings (SSSR count). The first-order valence-corrected chi connectivity index (χ1v) is 13.1. The fourth-order valence-electron chi connectivity index (χ4n) is 3.83. The van der Waals surface area contributed by atoms with Gasteiger partial charge in [-0.05, 0) is 83.7 Å². The van der Waals surface area contributed by atoms with E-state index in [2.05, 4.69) is 43.8 Å². The number of ether oxygens (including phenoxy) is 1. The van der Waals surface area contributed by atoms with Crippen molar-refractivity contribution in [2.45, 2.75) is 32.8 Å². The van der Waals surface area contributed by atoms with E-state index in [1.165, 1.54) is 10.6 Å². The molecule has 0 heterocycles. The van der Waals surface area contributed by atoms with Gasteiger partial charge in [0.1, 0.15) is 12.0 Å². The number of hydrogen-bond acceptors (Lipinski definition) is 2. The van der Waals surface area contributed by atoms with E-state index >= 15 is 0 Å². The van der Waals surface area contributed by atoms with Crippen LogP contribution < -0.4 is 10.6 Å².